The largest absolute Gasteiger partial charge is 0.382 e. The van der Waals surface area contributed by atoms with E-state index in [2.05, 4.69) is 41.3 Å². The number of anilines is 1. The lowest BCUT2D eigenvalue weighted by atomic mass is 9.76. The molecule has 0 amide bonds. The first-order valence-corrected chi connectivity index (χ1v) is 9.56. The summed E-state index contributed by atoms with van der Waals surface area (Å²) in [7, 11) is 0. The number of ether oxygens (including phenoxy) is 1. The van der Waals surface area contributed by atoms with Crippen molar-refractivity contribution in [3.63, 3.8) is 0 Å². The molecule has 1 aromatic rings. The van der Waals surface area contributed by atoms with Crippen LogP contribution in [0.1, 0.15) is 37.7 Å². The summed E-state index contributed by atoms with van der Waals surface area (Å²) in [6.45, 7) is 0.967. The lowest BCUT2D eigenvalue weighted by Gasteiger charge is -2.46. The fraction of sp³-hybridized carbons (Fsp3) is 0.667. The molecule has 1 aromatic carbocycles. The normalized spacial score (nSPS) is 31.4. The summed E-state index contributed by atoms with van der Waals surface area (Å²) in [5.41, 5.74) is 3.07. The third kappa shape index (κ3) is 2.83. The number of para-hydroxylation sites is 1. The molecule has 21 heavy (non-hydrogen) atoms. The Kier molecular flexibility index (Phi) is 3.89. The van der Waals surface area contributed by atoms with Crippen LogP contribution in [-0.2, 0) is 11.2 Å². The molecule has 0 bridgehead atoms. The van der Waals surface area contributed by atoms with Crippen molar-refractivity contribution in [2.24, 2.45) is 5.92 Å². The van der Waals surface area contributed by atoms with Gasteiger partial charge in [0.05, 0.1) is 5.60 Å². The van der Waals surface area contributed by atoms with Crippen molar-refractivity contribution >= 4 is 17.4 Å². The van der Waals surface area contributed by atoms with Crippen molar-refractivity contribution in [1.29, 1.82) is 0 Å². The first kappa shape index (κ1) is 14.0. The number of thioether (sulfide) groups is 1. The van der Waals surface area contributed by atoms with Gasteiger partial charge in [0.15, 0.2) is 0 Å². The van der Waals surface area contributed by atoms with Crippen LogP contribution in [0.15, 0.2) is 24.3 Å². The van der Waals surface area contributed by atoms with Crippen molar-refractivity contribution in [2.45, 2.75) is 50.2 Å². The Balaban J connectivity index is 1.47. The van der Waals surface area contributed by atoms with Gasteiger partial charge in [0.2, 0.25) is 0 Å². The zero-order chi connectivity index (χ0) is 14.1. The van der Waals surface area contributed by atoms with E-state index in [9.17, 15) is 0 Å². The molecule has 4 rings (SSSR count). The van der Waals surface area contributed by atoms with Gasteiger partial charge in [-0.2, -0.15) is 11.8 Å². The number of rotatable bonds is 1. The quantitative estimate of drug-likeness (QED) is 0.844. The van der Waals surface area contributed by atoms with Gasteiger partial charge in [0.25, 0.3) is 0 Å². The van der Waals surface area contributed by atoms with E-state index in [0.29, 0.717) is 6.04 Å². The molecule has 0 aliphatic carbocycles. The van der Waals surface area contributed by atoms with Crippen LogP contribution in [0.2, 0.25) is 0 Å². The lowest BCUT2D eigenvalue weighted by molar-refractivity contribution is -0.105. The second-order valence-electron chi connectivity index (χ2n) is 6.84. The maximum atomic E-state index is 6.26. The molecule has 3 aliphatic rings. The van der Waals surface area contributed by atoms with E-state index in [1.807, 2.05) is 0 Å². The fourth-order valence-corrected chi connectivity index (χ4v) is 5.55. The molecule has 2 atom stereocenters. The van der Waals surface area contributed by atoms with Crippen LogP contribution in [0.3, 0.4) is 0 Å². The molecule has 3 heterocycles. The van der Waals surface area contributed by atoms with Crippen molar-refractivity contribution in [3.05, 3.63) is 29.8 Å². The SMILES string of the molecule is c1ccc2c(c1)CCC(C1CCOC3(CCSCC3)C1)N2. The molecule has 3 aliphatic heterocycles. The average molecular weight is 303 g/mol. The summed E-state index contributed by atoms with van der Waals surface area (Å²) in [5.74, 6) is 3.36. The smallest absolute Gasteiger partial charge is 0.0701 e. The summed E-state index contributed by atoms with van der Waals surface area (Å²) in [4.78, 5) is 0. The molecular formula is C18H25NOS. The summed E-state index contributed by atoms with van der Waals surface area (Å²) in [6, 6.07) is 9.47. The van der Waals surface area contributed by atoms with Gasteiger partial charge in [0, 0.05) is 18.3 Å². The van der Waals surface area contributed by atoms with E-state index in [1.54, 1.807) is 0 Å². The molecule has 0 aromatic heterocycles. The Labute approximate surface area is 132 Å². The predicted octanol–water partition coefficient (Wildman–Crippen LogP) is 4.11. The number of nitrogens with one attached hydrogen (secondary N) is 1. The lowest BCUT2D eigenvalue weighted by Crippen LogP contribution is -2.47. The van der Waals surface area contributed by atoms with Gasteiger partial charge >= 0.3 is 0 Å². The van der Waals surface area contributed by atoms with E-state index in [0.717, 1.165) is 12.5 Å². The van der Waals surface area contributed by atoms with Gasteiger partial charge in [-0.1, -0.05) is 18.2 Å². The molecule has 3 heteroatoms. The van der Waals surface area contributed by atoms with Gasteiger partial charge in [-0.25, -0.2) is 0 Å². The standard InChI is InChI=1S/C18H25NOS/c1-2-4-16-14(3-1)5-6-17(19-16)15-7-10-20-18(13-15)8-11-21-12-9-18/h1-4,15,17,19H,5-13H2. The Bertz CT molecular complexity index is 492. The summed E-state index contributed by atoms with van der Waals surface area (Å²) in [6.07, 6.45) is 7.54. The zero-order valence-corrected chi connectivity index (χ0v) is 13.5. The van der Waals surface area contributed by atoms with Gasteiger partial charge in [-0.3, -0.25) is 0 Å². The summed E-state index contributed by atoms with van der Waals surface area (Å²) < 4.78 is 6.26. The highest BCUT2D eigenvalue weighted by atomic mass is 32.2. The van der Waals surface area contributed by atoms with E-state index in [1.165, 1.54) is 61.3 Å². The minimum absolute atomic E-state index is 0.215. The fourth-order valence-electron chi connectivity index (χ4n) is 4.32. The number of hydrogen-bond acceptors (Lipinski definition) is 3. The van der Waals surface area contributed by atoms with Crippen LogP contribution in [-0.4, -0.2) is 29.8 Å². The molecule has 0 saturated carbocycles. The third-order valence-corrected chi connectivity index (χ3v) is 6.57. The average Bonchev–Trinajstić information content (AvgIpc) is 2.55. The van der Waals surface area contributed by atoms with Crippen molar-refractivity contribution in [3.8, 4) is 0 Å². The van der Waals surface area contributed by atoms with E-state index in [4.69, 9.17) is 4.74 Å². The van der Waals surface area contributed by atoms with Gasteiger partial charge < -0.3 is 10.1 Å². The third-order valence-electron chi connectivity index (χ3n) is 5.59. The highest BCUT2D eigenvalue weighted by molar-refractivity contribution is 7.99. The highest BCUT2D eigenvalue weighted by Gasteiger charge is 2.41. The zero-order valence-electron chi connectivity index (χ0n) is 12.6. The van der Waals surface area contributed by atoms with Gasteiger partial charge in [-0.05, 0) is 67.6 Å². The first-order chi connectivity index (χ1) is 10.3. The van der Waals surface area contributed by atoms with Crippen molar-refractivity contribution < 1.29 is 4.74 Å². The molecule has 2 unspecified atom stereocenters. The molecule has 114 valence electrons. The van der Waals surface area contributed by atoms with E-state index >= 15 is 0 Å². The topological polar surface area (TPSA) is 21.3 Å². The van der Waals surface area contributed by atoms with Crippen LogP contribution in [0, 0.1) is 5.92 Å². The van der Waals surface area contributed by atoms with Gasteiger partial charge in [0.1, 0.15) is 0 Å². The van der Waals surface area contributed by atoms with Gasteiger partial charge in [-0.15, -0.1) is 0 Å². The molecule has 1 N–H and O–H groups in total. The minimum Gasteiger partial charge on any atom is -0.382 e. The van der Waals surface area contributed by atoms with Crippen LogP contribution in [0.5, 0.6) is 0 Å². The molecule has 0 radical (unpaired) electrons. The number of fused-ring (bicyclic) bond motifs is 1. The number of hydrogen-bond donors (Lipinski definition) is 1. The summed E-state index contributed by atoms with van der Waals surface area (Å²) in [5, 5.41) is 3.83. The van der Waals surface area contributed by atoms with Crippen molar-refractivity contribution in [1.82, 2.24) is 0 Å². The van der Waals surface area contributed by atoms with Crippen LogP contribution >= 0.6 is 11.8 Å². The van der Waals surface area contributed by atoms with Crippen LogP contribution in [0.25, 0.3) is 0 Å². The van der Waals surface area contributed by atoms with E-state index in [-0.39, 0.29) is 5.60 Å². The first-order valence-electron chi connectivity index (χ1n) is 8.41. The molecule has 2 fully saturated rings. The Morgan fingerprint density at radius 3 is 2.90 bits per heavy atom. The molecule has 2 saturated heterocycles. The molecule has 2 nitrogen and oxygen atoms in total. The Morgan fingerprint density at radius 2 is 2.00 bits per heavy atom. The second-order valence-corrected chi connectivity index (χ2v) is 8.07. The second kappa shape index (κ2) is 5.85. The van der Waals surface area contributed by atoms with Crippen LogP contribution in [0.4, 0.5) is 5.69 Å². The molecular weight excluding hydrogens is 278 g/mol. The Morgan fingerprint density at radius 1 is 1.14 bits per heavy atom. The molecule has 1 spiro atoms. The summed E-state index contributed by atoms with van der Waals surface area (Å²) >= 11 is 2.09. The van der Waals surface area contributed by atoms with Crippen LogP contribution < -0.4 is 5.32 Å². The monoisotopic (exact) mass is 303 g/mol. The minimum atomic E-state index is 0.215. The number of aryl methyl sites for hydroxylation is 1. The predicted molar refractivity (Wildman–Crippen MR) is 90.1 cm³/mol. The highest BCUT2D eigenvalue weighted by Crippen LogP contribution is 2.42. The van der Waals surface area contributed by atoms with Crippen molar-refractivity contribution in [2.75, 3.05) is 23.4 Å². The number of benzene rings is 1. The Hall–Kier alpha value is -0.670. The maximum absolute atomic E-state index is 6.26. The maximum Gasteiger partial charge on any atom is 0.0701 e. The van der Waals surface area contributed by atoms with E-state index < -0.39 is 0 Å².